The van der Waals surface area contributed by atoms with Crippen LogP contribution in [-0.2, 0) is 0 Å². The summed E-state index contributed by atoms with van der Waals surface area (Å²) in [4.78, 5) is 11.0. The number of allylic oxidation sites excluding steroid dienone is 1. The Labute approximate surface area is 69.6 Å². The van der Waals surface area contributed by atoms with E-state index in [4.69, 9.17) is 10.2 Å². The van der Waals surface area contributed by atoms with Crippen LogP contribution in [-0.4, -0.2) is 16.0 Å². The summed E-state index contributed by atoms with van der Waals surface area (Å²) in [6, 6.07) is 3.69. The zero-order chi connectivity index (χ0) is 9.14. The first-order valence-corrected chi connectivity index (χ1v) is 3.33. The summed E-state index contributed by atoms with van der Waals surface area (Å²) >= 11 is 0. The molecule has 0 fully saturated rings. The van der Waals surface area contributed by atoms with Crippen LogP contribution in [0.4, 0.5) is 0 Å². The van der Waals surface area contributed by atoms with Gasteiger partial charge in [0.25, 0.3) is 0 Å². The fourth-order valence-corrected chi connectivity index (χ4v) is 0.855. The Kier molecular flexibility index (Phi) is 2.14. The molecule has 0 saturated carbocycles. The molecule has 0 aliphatic rings. The Morgan fingerprint density at radius 3 is 2.17 bits per heavy atom. The second-order valence-corrected chi connectivity index (χ2v) is 2.31. The monoisotopic (exact) mass is 164 g/mol. The van der Waals surface area contributed by atoms with Crippen molar-refractivity contribution in [3.63, 3.8) is 0 Å². The van der Waals surface area contributed by atoms with Gasteiger partial charge in [-0.25, -0.2) is 0 Å². The molecule has 0 aromatic heterocycles. The molecular weight excluding hydrogens is 156 g/mol. The smallest absolute Gasteiger partial charge is 0.185 e. The number of rotatable bonds is 2. The van der Waals surface area contributed by atoms with Crippen molar-refractivity contribution in [3.05, 3.63) is 36.4 Å². The van der Waals surface area contributed by atoms with Gasteiger partial charge in [-0.2, -0.15) is 0 Å². The Balaban J connectivity index is 3.17. The van der Waals surface area contributed by atoms with Gasteiger partial charge in [-0.15, -0.1) is 0 Å². The Hall–Kier alpha value is -1.77. The first kappa shape index (κ1) is 8.33. The van der Waals surface area contributed by atoms with Crippen LogP contribution in [0.5, 0.6) is 11.5 Å². The second-order valence-electron chi connectivity index (χ2n) is 2.31. The highest BCUT2D eigenvalue weighted by Gasteiger charge is 2.03. The van der Waals surface area contributed by atoms with Crippen molar-refractivity contribution in [2.24, 2.45) is 0 Å². The summed E-state index contributed by atoms with van der Waals surface area (Å²) in [6.45, 7) is 3.28. The fraction of sp³-hybridized carbons (Fsp3) is 0. The molecule has 0 bridgehead atoms. The molecule has 0 radical (unpaired) electrons. The molecule has 2 N–H and O–H groups in total. The van der Waals surface area contributed by atoms with E-state index in [2.05, 4.69) is 6.58 Å². The molecule has 0 unspecified atom stereocenters. The van der Waals surface area contributed by atoms with E-state index in [9.17, 15) is 4.79 Å². The van der Waals surface area contributed by atoms with Crippen molar-refractivity contribution in [1.29, 1.82) is 0 Å². The first-order valence-electron chi connectivity index (χ1n) is 3.33. The van der Waals surface area contributed by atoms with E-state index in [1.807, 2.05) is 0 Å². The molecular formula is C9H8O3. The molecule has 0 amide bonds. The van der Waals surface area contributed by atoms with Crippen molar-refractivity contribution in [3.8, 4) is 11.5 Å². The summed E-state index contributed by atoms with van der Waals surface area (Å²) in [6.07, 6.45) is 1.12. The summed E-state index contributed by atoms with van der Waals surface area (Å²) in [5.74, 6) is -0.610. The van der Waals surface area contributed by atoms with Gasteiger partial charge >= 0.3 is 0 Å². The van der Waals surface area contributed by atoms with Crippen LogP contribution in [0.3, 0.4) is 0 Å². The maximum atomic E-state index is 11.0. The highest BCUT2D eigenvalue weighted by molar-refractivity contribution is 6.04. The van der Waals surface area contributed by atoms with Gasteiger partial charge in [-0.3, -0.25) is 4.79 Å². The molecule has 0 saturated heterocycles. The third-order valence-corrected chi connectivity index (χ3v) is 1.37. The molecule has 1 rings (SSSR count). The molecule has 12 heavy (non-hydrogen) atoms. The molecule has 0 aliphatic heterocycles. The number of ketones is 1. The first-order chi connectivity index (χ1) is 5.63. The minimum absolute atomic E-state index is 0.139. The molecule has 3 nitrogen and oxygen atoms in total. The normalized spacial score (nSPS) is 9.33. The van der Waals surface area contributed by atoms with E-state index in [1.54, 1.807) is 0 Å². The highest BCUT2D eigenvalue weighted by Crippen LogP contribution is 2.20. The standard InChI is InChI=1S/C9H8O3/c1-2-9(12)6-3-7(10)5-8(11)4-6/h2-5,10-11H,1H2. The lowest BCUT2D eigenvalue weighted by atomic mass is 10.1. The van der Waals surface area contributed by atoms with Crippen molar-refractivity contribution >= 4 is 5.78 Å². The average molecular weight is 164 g/mol. The molecule has 1 aromatic rings. The van der Waals surface area contributed by atoms with Crippen molar-refractivity contribution < 1.29 is 15.0 Å². The quantitative estimate of drug-likeness (QED) is 0.514. The third-order valence-electron chi connectivity index (χ3n) is 1.37. The lowest BCUT2D eigenvalue weighted by Crippen LogP contribution is -1.92. The molecule has 62 valence electrons. The minimum Gasteiger partial charge on any atom is -0.508 e. The Morgan fingerprint density at radius 1 is 1.25 bits per heavy atom. The van der Waals surface area contributed by atoms with Crippen LogP contribution >= 0.6 is 0 Å². The van der Waals surface area contributed by atoms with Crippen LogP contribution in [0.15, 0.2) is 30.9 Å². The minimum atomic E-state index is -0.332. The number of carbonyl (C=O) groups excluding carboxylic acids is 1. The summed E-state index contributed by atoms with van der Waals surface area (Å²) in [7, 11) is 0. The van der Waals surface area contributed by atoms with E-state index < -0.39 is 0 Å². The lowest BCUT2D eigenvalue weighted by Gasteiger charge is -1.98. The zero-order valence-electron chi connectivity index (χ0n) is 6.32. The van der Waals surface area contributed by atoms with Gasteiger partial charge in [0.15, 0.2) is 5.78 Å². The van der Waals surface area contributed by atoms with E-state index >= 15 is 0 Å². The van der Waals surface area contributed by atoms with Crippen LogP contribution in [0, 0.1) is 0 Å². The summed E-state index contributed by atoms with van der Waals surface area (Å²) < 4.78 is 0. The molecule has 0 aliphatic carbocycles. The van der Waals surface area contributed by atoms with E-state index in [0.29, 0.717) is 0 Å². The van der Waals surface area contributed by atoms with Gasteiger partial charge in [-0.1, -0.05) is 6.58 Å². The Bertz CT molecular complexity index is 308. The van der Waals surface area contributed by atoms with Crippen LogP contribution in [0.1, 0.15) is 10.4 Å². The maximum absolute atomic E-state index is 11.0. The number of aromatic hydroxyl groups is 2. The maximum Gasteiger partial charge on any atom is 0.185 e. The van der Waals surface area contributed by atoms with Gasteiger partial charge in [0.1, 0.15) is 11.5 Å². The topological polar surface area (TPSA) is 57.5 Å². The highest BCUT2D eigenvalue weighted by atomic mass is 16.3. The molecule has 3 heteroatoms. The van der Waals surface area contributed by atoms with Gasteiger partial charge in [-0.05, 0) is 18.2 Å². The lowest BCUT2D eigenvalue weighted by molar-refractivity contribution is 0.104. The third kappa shape index (κ3) is 1.63. The van der Waals surface area contributed by atoms with Gasteiger partial charge in [0, 0.05) is 11.6 Å². The average Bonchev–Trinajstić information content (AvgIpc) is 2.01. The van der Waals surface area contributed by atoms with E-state index in [1.165, 1.54) is 12.1 Å². The van der Waals surface area contributed by atoms with Gasteiger partial charge in [0.2, 0.25) is 0 Å². The van der Waals surface area contributed by atoms with Crippen LogP contribution in [0.25, 0.3) is 0 Å². The number of phenols is 2. The van der Waals surface area contributed by atoms with Crippen molar-refractivity contribution in [2.75, 3.05) is 0 Å². The van der Waals surface area contributed by atoms with Crippen LogP contribution < -0.4 is 0 Å². The predicted molar refractivity (Wildman–Crippen MR) is 44.3 cm³/mol. The number of carbonyl (C=O) groups is 1. The number of phenolic OH excluding ortho intramolecular Hbond substituents is 2. The van der Waals surface area contributed by atoms with Gasteiger partial charge in [0.05, 0.1) is 0 Å². The zero-order valence-corrected chi connectivity index (χ0v) is 6.32. The van der Waals surface area contributed by atoms with Crippen LogP contribution in [0.2, 0.25) is 0 Å². The van der Waals surface area contributed by atoms with E-state index in [-0.39, 0.29) is 22.8 Å². The molecule has 0 heterocycles. The number of hydrogen-bond acceptors (Lipinski definition) is 3. The summed E-state index contributed by atoms with van der Waals surface area (Å²) in [5.41, 5.74) is 0.225. The molecule has 0 spiro atoms. The van der Waals surface area contributed by atoms with E-state index in [0.717, 1.165) is 12.1 Å². The van der Waals surface area contributed by atoms with Gasteiger partial charge < -0.3 is 10.2 Å². The SMILES string of the molecule is C=CC(=O)c1cc(O)cc(O)c1. The van der Waals surface area contributed by atoms with Crippen molar-refractivity contribution in [1.82, 2.24) is 0 Å². The molecule has 0 atom stereocenters. The largest absolute Gasteiger partial charge is 0.508 e. The second kappa shape index (κ2) is 3.09. The Morgan fingerprint density at radius 2 is 1.75 bits per heavy atom. The van der Waals surface area contributed by atoms with Crippen molar-refractivity contribution in [2.45, 2.75) is 0 Å². The number of benzene rings is 1. The predicted octanol–water partition coefficient (Wildman–Crippen LogP) is 1.47. The fourth-order valence-electron chi connectivity index (χ4n) is 0.855. The summed E-state index contributed by atoms with van der Waals surface area (Å²) in [5, 5.41) is 18.0. The molecule has 1 aromatic carbocycles. The number of hydrogen-bond donors (Lipinski definition) is 2.